The zero-order valence-corrected chi connectivity index (χ0v) is 14.0. The molecule has 2 atom stereocenters. The van der Waals surface area contributed by atoms with Crippen molar-refractivity contribution in [2.45, 2.75) is 65.1 Å². The molecule has 2 aliphatic rings. The first-order valence-corrected chi connectivity index (χ1v) is 8.71. The monoisotopic (exact) mass is 293 g/mol. The lowest BCUT2D eigenvalue weighted by Crippen LogP contribution is -2.51. The van der Waals surface area contributed by atoms with E-state index in [0.29, 0.717) is 11.6 Å². The third kappa shape index (κ3) is 2.92. The van der Waals surface area contributed by atoms with Gasteiger partial charge in [-0.3, -0.25) is 4.90 Å². The lowest BCUT2D eigenvalue weighted by molar-refractivity contribution is 0.154. The number of hydrogen-bond donors (Lipinski definition) is 1. The van der Waals surface area contributed by atoms with Gasteiger partial charge in [0.1, 0.15) is 5.01 Å². The van der Waals surface area contributed by atoms with Crippen LogP contribution >= 0.6 is 11.3 Å². The minimum absolute atomic E-state index is 0.312. The van der Waals surface area contributed by atoms with Gasteiger partial charge in [-0.1, -0.05) is 0 Å². The number of hydrogen-bond acceptors (Lipinski definition) is 4. The fraction of sp³-hybridized carbons (Fsp3) is 0.812. The molecule has 20 heavy (non-hydrogen) atoms. The molecule has 1 N–H and O–H groups in total. The molecule has 1 aliphatic carbocycles. The summed E-state index contributed by atoms with van der Waals surface area (Å²) in [5.74, 6) is 0.884. The van der Waals surface area contributed by atoms with Crippen LogP contribution in [0.2, 0.25) is 0 Å². The topological polar surface area (TPSA) is 28.2 Å². The lowest BCUT2D eigenvalue weighted by atomic mass is 9.95. The van der Waals surface area contributed by atoms with Crippen molar-refractivity contribution in [2.24, 2.45) is 5.92 Å². The zero-order valence-electron chi connectivity index (χ0n) is 13.2. The van der Waals surface area contributed by atoms with Crippen molar-refractivity contribution in [1.82, 2.24) is 15.2 Å². The molecule has 2 fully saturated rings. The van der Waals surface area contributed by atoms with Crippen LogP contribution in [0.15, 0.2) is 0 Å². The zero-order chi connectivity index (χ0) is 14.3. The van der Waals surface area contributed by atoms with E-state index in [1.54, 1.807) is 0 Å². The Balaban J connectivity index is 1.74. The van der Waals surface area contributed by atoms with Crippen molar-refractivity contribution in [3.8, 4) is 0 Å². The van der Waals surface area contributed by atoms with Crippen molar-refractivity contribution >= 4 is 11.3 Å². The number of aryl methyl sites for hydroxylation is 2. The third-order valence-corrected chi connectivity index (χ3v) is 6.19. The van der Waals surface area contributed by atoms with E-state index in [1.165, 1.54) is 34.8 Å². The standard InChI is InChI=1S/C16H27N3S/c1-11-7-8-17-16(4,14-5-6-14)10-19(11)9-15-18-12(2)13(3)20-15/h11,14,17H,5-10H2,1-4H3. The van der Waals surface area contributed by atoms with Gasteiger partial charge in [0.15, 0.2) is 0 Å². The highest BCUT2D eigenvalue weighted by Gasteiger charge is 2.43. The maximum absolute atomic E-state index is 4.73. The number of nitrogens with one attached hydrogen (secondary N) is 1. The van der Waals surface area contributed by atoms with Crippen LogP contribution in [-0.4, -0.2) is 34.6 Å². The highest BCUT2D eigenvalue weighted by molar-refractivity contribution is 7.11. The van der Waals surface area contributed by atoms with Gasteiger partial charge in [-0.05, 0) is 59.4 Å². The summed E-state index contributed by atoms with van der Waals surface area (Å²) in [6, 6.07) is 0.646. The van der Waals surface area contributed by atoms with E-state index in [1.807, 2.05) is 11.3 Å². The van der Waals surface area contributed by atoms with Crippen molar-refractivity contribution in [1.29, 1.82) is 0 Å². The fourth-order valence-electron chi connectivity index (χ4n) is 3.37. The van der Waals surface area contributed by atoms with E-state index < -0.39 is 0 Å². The van der Waals surface area contributed by atoms with Gasteiger partial charge in [0, 0.05) is 23.0 Å². The van der Waals surface area contributed by atoms with E-state index in [4.69, 9.17) is 4.98 Å². The average Bonchev–Trinajstić information content (AvgIpc) is 3.17. The molecular formula is C16H27N3S. The van der Waals surface area contributed by atoms with Gasteiger partial charge < -0.3 is 5.32 Å². The van der Waals surface area contributed by atoms with E-state index in [-0.39, 0.29) is 0 Å². The second-order valence-electron chi connectivity index (χ2n) is 6.91. The van der Waals surface area contributed by atoms with Gasteiger partial charge in [-0.25, -0.2) is 4.98 Å². The summed E-state index contributed by atoms with van der Waals surface area (Å²) < 4.78 is 0. The van der Waals surface area contributed by atoms with Crippen molar-refractivity contribution in [2.75, 3.05) is 13.1 Å². The summed E-state index contributed by atoms with van der Waals surface area (Å²) in [6.45, 7) is 12.4. The second-order valence-corrected chi connectivity index (χ2v) is 8.20. The summed E-state index contributed by atoms with van der Waals surface area (Å²) in [7, 11) is 0. The Kier molecular flexibility index (Phi) is 3.91. The SMILES string of the molecule is Cc1nc(CN2CC(C)(C3CC3)NCCC2C)sc1C. The molecule has 0 radical (unpaired) electrons. The molecule has 1 aromatic rings. The van der Waals surface area contributed by atoms with Crippen LogP contribution in [0.1, 0.15) is 48.7 Å². The van der Waals surface area contributed by atoms with Gasteiger partial charge in [-0.15, -0.1) is 11.3 Å². The Morgan fingerprint density at radius 3 is 2.70 bits per heavy atom. The Morgan fingerprint density at radius 1 is 1.35 bits per heavy atom. The molecule has 0 amide bonds. The summed E-state index contributed by atoms with van der Waals surface area (Å²) in [6.07, 6.45) is 4.05. The molecule has 3 nitrogen and oxygen atoms in total. The van der Waals surface area contributed by atoms with Crippen LogP contribution in [0.3, 0.4) is 0 Å². The highest BCUT2D eigenvalue weighted by Crippen LogP contribution is 2.41. The summed E-state index contributed by atoms with van der Waals surface area (Å²) >= 11 is 1.87. The van der Waals surface area contributed by atoms with Gasteiger partial charge >= 0.3 is 0 Å². The normalized spacial score (nSPS) is 32.3. The first-order valence-electron chi connectivity index (χ1n) is 7.90. The first kappa shape index (κ1) is 14.5. The molecule has 112 valence electrons. The highest BCUT2D eigenvalue weighted by atomic mass is 32.1. The van der Waals surface area contributed by atoms with E-state index in [2.05, 4.69) is 37.9 Å². The smallest absolute Gasteiger partial charge is 0.107 e. The predicted octanol–water partition coefficient (Wildman–Crippen LogP) is 3.11. The summed E-state index contributed by atoms with van der Waals surface area (Å²) in [5.41, 5.74) is 1.52. The number of nitrogens with zero attached hydrogens (tertiary/aromatic N) is 2. The molecule has 1 aliphatic heterocycles. The minimum atomic E-state index is 0.312. The molecule has 1 aromatic heterocycles. The van der Waals surface area contributed by atoms with Gasteiger partial charge in [0.05, 0.1) is 12.2 Å². The molecule has 0 spiro atoms. The summed E-state index contributed by atoms with van der Waals surface area (Å²) in [5, 5.41) is 5.11. The number of rotatable bonds is 3. The Hall–Kier alpha value is -0.450. The molecule has 3 rings (SSSR count). The van der Waals surface area contributed by atoms with Crippen LogP contribution in [0, 0.1) is 19.8 Å². The van der Waals surface area contributed by atoms with Gasteiger partial charge in [0.2, 0.25) is 0 Å². The Bertz CT molecular complexity index is 461. The lowest BCUT2D eigenvalue weighted by Gasteiger charge is -2.35. The van der Waals surface area contributed by atoms with Crippen molar-refractivity contribution < 1.29 is 0 Å². The molecule has 1 saturated heterocycles. The molecule has 0 bridgehead atoms. The van der Waals surface area contributed by atoms with Crippen LogP contribution in [0.5, 0.6) is 0 Å². The summed E-state index contributed by atoms with van der Waals surface area (Å²) in [4.78, 5) is 8.75. The van der Waals surface area contributed by atoms with E-state index in [0.717, 1.165) is 25.6 Å². The number of aromatic nitrogens is 1. The first-order chi connectivity index (χ1) is 9.48. The third-order valence-electron chi connectivity index (χ3n) is 5.14. The maximum atomic E-state index is 4.73. The Labute approximate surface area is 126 Å². The maximum Gasteiger partial charge on any atom is 0.107 e. The fourth-order valence-corrected chi connectivity index (χ4v) is 4.33. The number of thiazole rings is 1. The molecule has 0 aromatic carbocycles. The largest absolute Gasteiger partial charge is 0.310 e. The molecule has 2 heterocycles. The van der Waals surface area contributed by atoms with E-state index in [9.17, 15) is 0 Å². The van der Waals surface area contributed by atoms with Crippen LogP contribution in [-0.2, 0) is 6.54 Å². The predicted molar refractivity (Wildman–Crippen MR) is 85.2 cm³/mol. The molecule has 4 heteroatoms. The van der Waals surface area contributed by atoms with Crippen molar-refractivity contribution in [3.05, 3.63) is 15.6 Å². The van der Waals surface area contributed by atoms with Gasteiger partial charge in [0.25, 0.3) is 0 Å². The molecule has 2 unspecified atom stereocenters. The van der Waals surface area contributed by atoms with Crippen LogP contribution in [0.4, 0.5) is 0 Å². The quantitative estimate of drug-likeness (QED) is 0.928. The average molecular weight is 293 g/mol. The van der Waals surface area contributed by atoms with E-state index >= 15 is 0 Å². The van der Waals surface area contributed by atoms with Gasteiger partial charge in [-0.2, -0.15) is 0 Å². The van der Waals surface area contributed by atoms with Crippen molar-refractivity contribution in [3.63, 3.8) is 0 Å². The van der Waals surface area contributed by atoms with Crippen LogP contribution in [0.25, 0.3) is 0 Å². The Morgan fingerprint density at radius 2 is 2.10 bits per heavy atom. The van der Waals surface area contributed by atoms with Crippen LogP contribution < -0.4 is 5.32 Å². The second kappa shape index (κ2) is 5.39. The minimum Gasteiger partial charge on any atom is -0.310 e. The molecule has 1 saturated carbocycles. The molecular weight excluding hydrogens is 266 g/mol.